The first-order chi connectivity index (χ1) is 9.33. The quantitative estimate of drug-likeness (QED) is 0.798. The molecule has 3 nitrogen and oxygen atoms in total. The Morgan fingerprint density at radius 1 is 1.40 bits per heavy atom. The van der Waals surface area contributed by atoms with Crippen LogP contribution in [0.5, 0.6) is 0 Å². The van der Waals surface area contributed by atoms with Gasteiger partial charge in [0.15, 0.2) is 0 Å². The van der Waals surface area contributed by atoms with Crippen molar-refractivity contribution in [3.05, 3.63) is 34.6 Å². The summed E-state index contributed by atoms with van der Waals surface area (Å²) < 4.78 is 35.5. The Morgan fingerprint density at radius 3 is 2.65 bits per heavy atom. The molecule has 114 valence electrons. The predicted molar refractivity (Wildman–Crippen MR) is 81.4 cm³/mol. The average molecular weight is 322 g/mol. The lowest BCUT2D eigenvalue weighted by molar-refractivity contribution is 0.491. The van der Waals surface area contributed by atoms with Gasteiger partial charge in [0, 0.05) is 18.1 Å². The van der Waals surface area contributed by atoms with E-state index in [1.807, 2.05) is 0 Å². The SMILES string of the molecule is CCCNC(CCCS(C)(=O)=O)c1ccc(F)c(Cl)c1. The summed E-state index contributed by atoms with van der Waals surface area (Å²) >= 11 is 5.80. The smallest absolute Gasteiger partial charge is 0.147 e. The van der Waals surface area contributed by atoms with Crippen molar-refractivity contribution in [1.29, 1.82) is 0 Å². The van der Waals surface area contributed by atoms with Crippen LogP contribution in [0.3, 0.4) is 0 Å². The molecule has 0 fully saturated rings. The van der Waals surface area contributed by atoms with Crippen molar-refractivity contribution in [2.75, 3.05) is 18.6 Å². The van der Waals surface area contributed by atoms with Gasteiger partial charge in [-0.3, -0.25) is 0 Å². The lowest BCUT2D eigenvalue weighted by atomic mass is 10.0. The highest BCUT2D eigenvalue weighted by Gasteiger charge is 2.13. The zero-order valence-corrected chi connectivity index (χ0v) is 13.4. The van der Waals surface area contributed by atoms with Gasteiger partial charge in [-0.2, -0.15) is 0 Å². The van der Waals surface area contributed by atoms with E-state index < -0.39 is 15.7 Å². The lowest BCUT2D eigenvalue weighted by Crippen LogP contribution is -2.23. The highest BCUT2D eigenvalue weighted by Crippen LogP contribution is 2.24. The summed E-state index contributed by atoms with van der Waals surface area (Å²) in [6, 6.07) is 4.63. The minimum absolute atomic E-state index is 0.00481. The zero-order valence-electron chi connectivity index (χ0n) is 11.8. The van der Waals surface area contributed by atoms with Crippen LogP contribution in [-0.2, 0) is 9.84 Å². The van der Waals surface area contributed by atoms with Crippen LogP contribution in [-0.4, -0.2) is 27.0 Å². The third kappa shape index (κ3) is 6.20. The molecule has 1 aromatic carbocycles. The van der Waals surface area contributed by atoms with E-state index in [2.05, 4.69) is 12.2 Å². The van der Waals surface area contributed by atoms with Crippen molar-refractivity contribution in [2.45, 2.75) is 32.2 Å². The molecule has 0 aromatic heterocycles. The molecule has 1 aromatic rings. The highest BCUT2D eigenvalue weighted by atomic mass is 35.5. The molecule has 0 aliphatic carbocycles. The number of nitrogens with one attached hydrogen (secondary N) is 1. The minimum Gasteiger partial charge on any atom is -0.310 e. The van der Waals surface area contributed by atoms with Crippen molar-refractivity contribution >= 4 is 21.4 Å². The van der Waals surface area contributed by atoms with Gasteiger partial charge < -0.3 is 5.32 Å². The number of benzene rings is 1. The number of rotatable bonds is 8. The molecule has 6 heteroatoms. The van der Waals surface area contributed by atoms with Gasteiger partial charge in [0.1, 0.15) is 15.7 Å². The van der Waals surface area contributed by atoms with Crippen LogP contribution in [0.4, 0.5) is 4.39 Å². The molecule has 20 heavy (non-hydrogen) atoms. The maximum atomic E-state index is 13.2. The normalized spacial score (nSPS) is 13.4. The van der Waals surface area contributed by atoms with E-state index in [9.17, 15) is 12.8 Å². The Labute approximate surface area is 125 Å². The fourth-order valence-electron chi connectivity index (χ4n) is 1.98. The van der Waals surface area contributed by atoms with E-state index in [1.165, 1.54) is 12.3 Å². The summed E-state index contributed by atoms with van der Waals surface area (Å²) in [7, 11) is -2.95. The molecule has 1 atom stereocenters. The summed E-state index contributed by atoms with van der Waals surface area (Å²) in [6.07, 6.45) is 3.44. The van der Waals surface area contributed by atoms with E-state index in [0.717, 1.165) is 18.5 Å². The van der Waals surface area contributed by atoms with Crippen LogP contribution in [0.25, 0.3) is 0 Å². The van der Waals surface area contributed by atoms with Crippen molar-refractivity contribution in [1.82, 2.24) is 5.32 Å². The zero-order chi connectivity index (χ0) is 15.2. The maximum absolute atomic E-state index is 13.2. The van der Waals surface area contributed by atoms with Gasteiger partial charge in [-0.15, -0.1) is 0 Å². The standard InChI is InChI=1S/C14H21ClFNO2S/c1-3-8-17-14(5-4-9-20(2,18)19)11-6-7-13(16)12(15)10-11/h6-7,10,14,17H,3-5,8-9H2,1-2H3. The molecule has 0 radical (unpaired) electrons. The Hall–Kier alpha value is -0.650. The second-order valence-corrected chi connectivity index (χ2v) is 7.62. The summed E-state index contributed by atoms with van der Waals surface area (Å²) in [4.78, 5) is 0. The predicted octanol–water partition coefficient (Wildman–Crippen LogP) is 3.34. The number of hydrogen-bond donors (Lipinski definition) is 1. The first kappa shape index (κ1) is 17.4. The van der Waals surface area contributed by atoms with Gasteiger partial charge in [-0.1, -0.05) is 24.6 Å². The molecule has 0 aliphatic heterocycles. The molecule has 0 spiro atoms. The third-order valence-corrected chi connectivity index (χ3v) is 4.31. The molecule has 0 saturated carbocycles. The van der Waals surface area contributed by atoms with Crippen molar-refractivity contribution in [2.24, 2.45) is 0 Å². The molecule has 0 aliphatic rings. The first-order valence-electron chi connectivity index (χ1n) is 6.69. The van der Waals surface area contributed by atoms with Crippen LogP contribution in [0, 0.1) is 5.82 Å². The summed E-state index contributed by atoms with van der Waals surface area (Å²) in [5, 5.41) is 3.43. The van der Waals surface area contributed by atoms with E-state index in [-0.39, 0.29) is 16.8 Å². The molecular weight excluding hydrogens is 301 g/mol. The fourth-order valence-corrected chi connectivity index (χ4v) is 2.86. The Bertz CT molecular complexity index is 534. The van der Waals surface area contributed by atoms with Crippen molar-refractivity contribution in [3.8, 4) is 0 Å². The Kier molecular flexibility index (Phi) is 6.92. The summed E-state index contributed by atoms with van der Waals surface area (Å²) in [5.74, 6) is -0.285. The van der Waals surface area contributed by atoms with Gasteiger partial charge >= 0.3 is 0 Å². The molecule has 0 heterocycles. The van der Waals surface area contributed by atoms with Crippen LogP contribution in [0.15, 0.2) is 18.2 Å². The molecule has 1 rings (SSSR count). The summed E-state index contributed by atoms with van der Waals surface area (Å²) in [6.45, 7) is 2.87. The van der Waals surface area contributed by atoms with Crippen LogP contribution >= 0.6 is 11.6 Å². The van der Waals surface area contributed by atoms with Gasteiger partial charge in [0.2, 0.25) is 0 Å². The molecular formula is C14H21ClFNO2S. The molecule has 0 amide bonds. The van der Waals surface area contributed by atoms with E-state index >= 15 is 0 Å². The molecule has 1 N–H and O–H groups in total. The van der Waals surface area contributed by atoms with Crippen LogP contribution < -0.4 is 5.32 Å². The molecule has 1 unspecified atom stereocenters. The highest BCUT2D eigenvalue weighted by molar-refractivity contribution is 7.90. The topological polar surface area (TPSA) is 46.2 Å². The third-order valence-electron chi connectivity index (χ3n) is 2.99. The minimum atomic E-state index is -2.95. The average Bonchev–Trinajstić information content (AvgIpc) is 2.35. The van der Waals surface area contributed by atoms with Crippen LogP contribution in [0.2, 0.25) is 5.02 Å². The Morgan fingerprint density at radius 2 is 2.10 bits per heavy atom. The van der Waals surface area contributed by atoms with Crippen LogP contribution in [0.1, 0.15) is 37.8 Å². The molecule has 0 saturated heterocycles. The van der Waals surface area contributed by atoms with Gasteiger partial charge in [0.25, 0.3) is 0 Å². The van der Waals surface area contributed by atoms with Gasteiger partial charge in [-0.05, 0) is 43.5 Å². The number of hydrogen-bond acceptors (Lipinski definition) is 3. The van der Waals surface area contributed by atoms with E-state index in [4.69, 9.17) is 11.6 Å². The molecule has 0 bridgehead atoms. The maximum Gasteiger partial charge on any atom is 0.147 e. The fraction of sp³-hybridized carbons (Fsp3) is 0.571. The van der Waals surface area contributed by atoms with Gasteiger partial charge in [-0.25, -0.2) is 12.8 Å². The largest absolute Gasteiger partial charge is 0.310 e. The number of halogens is 2. The van der Waals surface area contributed by atoms with Gasteiger partial charge in [0.05, 0.1) is 5.02 Å². The monoisotopic (exact) mass is 321 g/mol. The second-order valence-electron chi connectivity index (χ2n) is 4.95. The van der Waals surface area contributed by atoms with E-state index in [0.29, 0.717) is 12.8 Å². The number of sulfone groups is 1. The van der Waals surface area contributed by atoms with E-state index in [1.54, 1.807) is 12.1 Å². The second kappa shape index (κ2) is 7.96. The summed E-state index contributed by atoms with van der Waals surface area (Å²) in [5.41, 5.74) is 0.887. The first-order valence-corrected chi connectivity index (χ1v) is 9.13. The van der Waals surface area contributed by atoms with Crippen molar-refractivity contribution < 1.29 is 12.8 Å². The lowest BCUT2D eigenvalue weighted by Gasteiger charge is -2.19. The van der Waals surface area contributed by atoms with Crippen molar-refractivity contribution in [3.63, 3.8) is 0 Å². The Balaban J connectivity index is 2.74.